The Bertz CT molecular complexity index is 1120. The van der Waals surface area contributed by atoms with Gasteiger partial charge in [-0.15, -0.1) is 0 Å². The minimum atomic E-state index is -0.971. The van der Waals surface area contributed by atoms with Gasteiger partial charge in [0.05, 0.1) is 11.4 Å². The van der Waals surface area contributed by atoms with Crippen LogP contribution in [0.25, 0.3) is 0 Å². The number of pyridine rings is 2. The number of nitrogens with one attached hydrogen (secondary N) is 2. The van der Waals surface area contributed by atoms with Gasteiger partial charge in [-0.2, -0.15) is 10.2 Å². The average Bonchev–Trinajstić information content (AvgIpc) is 2.91. The van der Waals surface area contributed by atoms with Crippen LogP contribution in [0.5, 0.6) is 0 Å². The van der Waals surface area contributed by atoms with E-state index in [1.54, 1.807) is 36.7 Å². The van der Waals surface area contributed by atoms with E-state index >= 15 is 0 Å². The van der Waals surface area contributed by atoms with E-state index in [-0.39, 0.29) is 0 Å². The lowest BCUT2D eigenvalue weighted by Crippen LogP contribution is -2.36. The van der Waals surface area contributed by atoms with Gasteiger partial charge < -0.3 is 0 Å². The number of carbonyl (C=O) groups excluding carboxylic acids is 2. The largest absolute Gasteiger partial charge is 0.331 e. The predicted octanol–water partition coefficient (Wildman–Crippen LogP) is 2.91. The first-order chi connectivity index (χ1) is 16.7. The van der Waals surface area contributed by atoms with Crippen molar-refractivity contribution < 1.29 is 9.59 Å². The van der Waals surface area contributed by atoms with Gasteiger partial charge in [0.15, 0.2) is 0 Å². The molecule has 0 saturated heterocycles. The molecule has 4 rings (SSSR count). The number of rotatable bonds is 6. The van der Waals surface area contributed by atoms with Crippen LogP contribution in [-0.2, 0) is 9.59 Å². The zero-order valence-electron chi connectivity index (χ0n) is 18.0. The van der Waals surface area contributed by atoms with Crippen LogP contribution >= 0.6 is 0 Å². The molecule has 0 aliphatic heterocycles. The molecule has 4 aromatic rings. The Hall–Kier alpha value is -4.98. The molecule has 166 valence electrons. The highest BCUT2D eigenvalue weighted by Crippen LogP contribution is 2.09. The van der Waals surface area contributed by atoms with Crippen LogP contribution in [0.2, 0.25) is 0 Å². The molecule has 2 heterocycles. The zero-order chi connectivity index (χ0) is 23.6. The van der Waals surface area contributed by atoms with Crippen molar-refractivity contribution in [1.29, 1.82) is 0 Å². The highest BCUT2D eigenvalue weighted by molar-refractivity contribution is 6.35. The van der Waals surface area contributed by atoms with Gasteiger partial charge in [0.25, 0.3) is 0 Å². The first-order valence-corrected chi connectivity index (χ1v) is 10.4. The van der Waals surface area contributed by atoms with Gasteiger partial charge in [-0.1, -0.05) is 72.8 Å². The number of aromatic nitrogens is 2. The summed E-state index contributed by atoms with van der Waals surface area (Å²) < 4.78 is 0. The molecule has 0 fully saturated rings. The average molecular weight is 448 g/mol. The lowest BCUT2D eigenvalue weighted by atomic mass is 10.1. The molecular weight excluding hydrogens is 428 g/mol. The van der Waals surface area contributed by atoms with E-state index in [9.17, 15) is 9.59 Å². The van der Waals surface area contributed by atoms with Crippen LogP contribution in [0.15, 0.2) is 120 Å². The zero-order valence-corrected chi connectivity index (χ0v) is 18.0. The summed E-state index contributed by atoms with van der Waals surface area (Å²) in [6.07, 6.45) is 3.25. The first-order valence-electron chi connectivity index (χ1n) is 10.4. The summed E-state index contributed by atoms with van der Waals surface area (Å²) >= 11 is 0. The third kappa shape index (κ3) is 5.63. The fourth-order valence-corrected chi connectivity index (χ4v) is 3.05. The summed E-state index contributed by atoms with van der Waals surface area (Å²) in [6, 6.07) is 29.2. The summed E-state index contributed by atoms with van der Waals surface area (Å²) in [7, 11) is 0. The Labute approximate surface area is 196 Å². The molecule has 0 unspecified atom stereocenters. The third-order valence-corrected chi connectivity index (χ3v) is 4.65. The fraction of sp³-hybridized carbons (Fsp3) is 0. The van der Waals surface area contributed by atoms with Crippen LogP contribution in [0.4, 0.5) is 0 Å². The van der Waals surface area contributed by atoms with Crippen molar-refractivity contribution in [2.24, 2.45) is 10.2 Å². The molecule has 0 radical (unpaired) electrons. The van der Waals surface area contributed by atoms with E-state index in [2.05, 4.69) is 31.0 Å². The fourth-order valence-electron chi connectivity index (χ4n) is 3.05. The second kappa shape index (κ2) is 11.1. The van der Waals surface area contributed by atoms with Crippen LogP contribution in [0.3, 0.4) is 0 Å². The standard InChI is InChI=1S/C26H20N6O2/c33-25(31-29-23(19-11-3-1-4-12-19)21-15-7-9-17-27-21)26(34)32-30-24(20-13-5-2-6-14-20)22-16-8-10-18-28-22/h1-18H,(H,31,33)(H,32,34)/b29-23+,30-24+. The minimum Gasteiger partial charge on any atom is -0.262 e. The van der Waals surface area contributed by atoms with E-state index in [0.717, 1.165) is 11.1 Å². The number of nitrogens with zero attached hydrogens (tertiary/aromatic N) is 4. The molecule has 2 aromatic carbocycles. The van der Waals surface area contributed by atoms with E-state index in [0.29, 0.717) is 22.8 Å². The summed E-state index contributed by atoms with van der Waals surface area (Å²) in [4.78, 5) is 33.5. The normalized spacial score (nSPS) is 11.5. The molecule has 2 aromatic heterocycles. The minimum absolute atomic E-state index is 0.421. The maximum Gasteiger partial charge on any atom is 0.331 e. The molecule has 0 atom stereocenters. The molecule has 0 bridgehead atoms. The van der Waals surface area contributed by atoms with Gasteiger partial charge in [0.2, 0.25) is 0 Å². The number of benzene rings is 2. The van der Waals surface area contributed by atoms with Gasteiger partial charge in [-0.05, 0) is 24.3 Å². The number of amides is 2. The number of hydrogen-bond acceptors (Lipinski definition) is 6. The third-order valence-electron chi connectivity index (χ3n) is 4.65. The Morgan fingerprint density at radius 2 is 0.912 bits per heavy atom. The van der Waals surface area contributed by atoms with Crippen LogP contribution in [0.1, 0.15) is 22.5 Å². The molecule has 2 N–H and O–H groups in total. The smallest absolute Gasteiger partial charge is 0.262 e. The van der Waals surface area contributed by atoms with Crippen molar-refractivity contribution >= 4 is 23.2 Å². The van der Waals surface area contributed by atoms with Crippen LogP contribution in [-0.4, -0.2) is 33.2 Å². The molecule has 34 heavy (non-hydrogen) atoms. The SMILES string of the molecule is O=C(N/N=C(\c1ccccc1)c1ccccn1)C(=O)N/N=C(\c1ccccc1)c1ccccn1. The number of hydrogen-bond donors (Lipinski definition) is 2. The Kier molecular flexibility index (Phi) is 7.22. The molecule has 2 amide bonds. The van der Waals surface area contributed by atoms with E-state index < -0.39 is 11.8 Å². The molecule has 0 saturated carbocycles. The first kappa shape index (κ1) is 22.2. The molecule has 8 nitrogen and oxygen atoms in total. The van der Waals surface area contributed by atoms with E-state index in [1.807, 2.05) is 72.8 Å². The summed E-state index contributed by atoms with van der Waals surface area (Å²) in [5.41, 5.74) is 8.01. The number of carbonyl (C=O) groups is 2. The summed E-state index contributed by atoms with van der Waals surface area (Å²) in [6.45, 7) is 0. The van der Waals surface area contributed by atoms with Gasteiger partial charge in [0, 0.05) is 23.5 Å². The Morgan fingerprint density at radius 3 is 1.26 bits per heavy atom. The lowest BCUT2D eigenvalue weighted by molar-refractivity contribution is -0.139. The van der Waals surface area contributed by atoms with Crippen molar-refractivity contribution in [3.63, 3.8) is 0 Å². The second-order valence-electron chi connectivity index (χ2n) is 6.96. The van der Waals surface area contributed by atoms with Gasteiger partial charge in [-0.3, -0.25) is 19.6 Å². The Balaban J connectivity index is 1.54. The predicted molar refractivity (Wildman–Crippen MR) is 129 cm³/mol. The van der Waals surface area contributed by atoms with Gasteiger partial charge in [-0.25, -0.2) is 10.9 Å². The highest BCUT2D eigenvalue weighted by Gasteiger charge is 2.16. The molecule has 0 aliphatic carbocycles. The second-order valence-corrected chi connectivity index (χ2v) is 6.96. The molecular formula is C26H20N6O2. The van der Waals surface area contributed by atoms with E-state index in [1.165, 1.54) is 0 Å². The van der Waals surface area contributed by atoms with Gasteiger partial charge >= 0.3 is 11.8 Å². The molecule has 8 heteroatoms. The maximum atomic E-state index is 12.5. The van der Waals surface area contributed by atoms with Gasteiger partial charge in [0.1, 0.15) is 11.4 Å². The summed E-state index contributed by atoms with van der Waals surface area (Å²) in [5.74, 6) is -1.94. The topological polar surface area (TPSA) is 109 Å². The maximum absolute atomic E-state index is 12.5. The van der Waals surface area contributed by atoms with Crippen LogP contribution < -0.4 is 10.9 Å². The quantitative estimate of drug-likeness (QED) is 0.269. The molecule has 0 aliphatic rings. The van der Waals surface area contributed by atoms with Crippen molar-refractivity contribution in [2.75, 3.05) is 0 Å². The van der Waals surface area contributed by atoms with Crippen LogP contribution in [0, 0.1) is 0 Å². The van der Waals surface area contributed by atoms with Crippen molar-refractivity contribution in [3.8, 4) is 0 Å². The highest BCUT2D eigenvalue weighted by atomic mass is 16.2. The summed E-state index contributed by atoms with van der Waals surface area (Å²) in [5, 5.41) is 8.32. The lowest BCUT2D eigenvalue weighted by Gasteiger charge is -2.08. The van der Waals surface area contributed by atoms with Crippen molar-refractivity contribution in [2.45, 2.75) is 0 Å². The monoisotopic (exact) mass is 448 g/mol. The van der Waals surface area contributed by atoms with Crippen molar-refractivity contribution in [1.82, 2.24) is 20.8 Å². The Morgan fingerprint density at radius 1 is 0.529 bits per heavy atom. The van der Waals surface area contributed by atoms with E-state index in [4.69, 9.17) is 0 Å². The molecule has 0 spiro atoms. The number of hydrazone groups is 2. The van der Waals surface area contributed by atoms with Crippen molar-refractivity contribution in [3.05, 3.63) is 132 Å².